The number of benzene rings is 2. The van der Waals surface area contributed by atoms with Crippen molar-refractivity contribution in [2.75, 3.05) is 19.9 Å². The number of amides is 1. The smallest absolute Gasteiger partial charge is 0.271 e. The Labute approximate surface area is 252 Å². The third kappa shape index (κ3) is 4.66. The second kappa shape index (κ2) is 11.0. The van der Waals surface area contributed by atoms with Gasteiger partial charge < -0.3 is 18.9 Å². The van der Waals surface area contributed by atoms with Gasteiger partial charge in [0, 0.05) is 41.3 Å². The molecule has 6 rings (SSSR count). The molecule has 0 unspecified atom stereocenters. The monoisotopic (exact) mass is 602 g/mol. The zero-order valence-corrected chi connectivity index (χ0v) is 25.7. The quantitative estimate of drug-likeness (QED) is 0.315. The van der Waals surface area contributed by atoms with Crippen LogP contribution in [0.3, 0.4) is 0 Å². The number of thiazole rings is 1. The summed E-state index contributed by atoms with van der Waals surface area (Å²) in [7, 11) is 0. The van der Waals surface area contributed by atoms with Gasteiger partial charge in [-0.25, -0.2) is 4.99 Å². The van der Waals surface area contributed by atoms with Crippen LogP contribution in [0.15, 0.2) is 69.6 Å². The molecule has 8 nitrogen and oxygen atoms in total. The molecular weight excluding hydrogens is 572 g/mol. The van der Waals surface area contributed by atoms with E-state index >= 15 is 0 Å². The lowest BCUT2D eigenvalue weighted by molar-refractivity contribution is -0.127. The summed E-state index contributed by atoms with van der Waals surface area (Å²) in [6.07, 6.45) is 1.92. The van der Waals surface area contributed by atoms with E-state index in [0.717, 1.165) is 34.0 Å². The Balaban J connectivity index is 1.49. The Hall–Kier alpha value is -4.08. The summed E-state index contributed by atoms with van der Waals surface area (Å²) in [6, 6.07) is 14.6. The highest BCUT2D eigenvalue weighted by molar-refractivity contribution is 7.07. The topological polar surface area (TPSA) is 78.1 Å². The first-order valence-electron chi connectivity index (χ1n) is 13.9. The minimum atomic E-state index is -0.616. The maximum Gasteiger partial charge on any atom is 0.271 e. The Morgan fingerprint density at radius 2 is 1.79 bits per heavy atom. The fourth-order valence-electron chi connectivity index (χ4n) is 5.73. The first kappa shape index (κ1) is 28.1. The van der Waals surface area contributed by atoms with Gasteiger partial charge in [-0.15, -0.1) is 0 Å². The van der Waals surface area contributed by atoms with Crippen molar-refractivity contribution in [3.8, 4) is 17.2 Å². The maximum atomic E-state index is 14.1. The minimum Gasteiger partial charge on any atom is -0.454 e. The van der Waals surface area contributed by atoms with Crippen LogP contribution in [0.25, 0.3) is 11.8 Å². The van der Waals surface area contributed by atoms with Gasteiger partial charge in [-0.3, -0.25) is 14.2 Å². The van der Waals surface area contributed by atoms with Crippen molar-refractivity contribution in [3.05, 3.63) is 107 Å². The molecule has 4 aromatic rings. The lowest BCUT2D eigenvalue weighted by atomic mass is 9.94. The number of carbonyl (C=O) groups is 1. The molecule has 0 fully saturated rings. The van der Waals surface area contributed by atoms with E-state index in [9.17, 15) is 9.59 Å². The zero-order valence-electron chi connectivity index (χ0n) is 24.1. The highest BCUT2D eigenvalue weighted by atomic mass is 35.5. The second-order valence-electron chi connectivity index (χ2n) is 10.3. The third-order valence-electron chi connectivity index (χ3n) is 7.86. The molecule has 1 amide bonds. The molecule has 0 radical (unpaired) electrons. The molecule has 1 atom stereocenters. The summed E-state index contributed by atoms with van der Waals surface area (Å²) in [5.41, 5.74) is 5.61. The van der Waals surface area contributed by atoms with E-state index in [1.807, 2.05) is 71.0 Å². The van der Waals surface area contributed by atoms with Crippen LogP contribution in [0.4, 0.5) is 0 Å². The van der Waals surface area contributed by atoms with Gasteiger partial charge >= 0.3 is 0 Å². The van der Waals surface area contributed by atoms with Crippen LogP contribution in [0.5, 0.6) is 11.5 Å². The minimum absolute atomic E-state index is 0.122. The number of rotatable bonds is 6. The van der Waals surface area contributed by atoms with Crippen molar-refractivity contribution in [1.29, 1.82) is 0 Å². The summed E-state index contributed by atoms with van der Waals surface area (Å²) in [4.78, 5) is 35.0. The molecule has 2 aliphatic rings. The summed E-state index contributed by atoms with van der Waals surface area (Å²) < 4.78 is 15.4. The van der Waals surface area contributed by atoms with Crippen LogP contribution in [0.1, 0.15) is 49.3 Å². The molecule has 0 spiro atoms. The molecule has 0 saturated heterocycles. The number of allylic oxidation sites excluding steroid dienone is 1. The molecule has 0 aliphatic carbocycles. The average molecular weight is 603 g/mol. The lowest BCUT2D eigenvalue weighted by Crippen LogP contribution is -2.43. The predicted molar refractivity (Wildman–Crippen MR) is 165 cm³/mol. The van der Waals surface area contributed by atoms with Crippen LogP contribution in [0, 0.1) is 13.8 Å². The number of hydrogen-bond donors (Lipinski definition) is 0. The van der Waals surface area contributed by atoms with Gasteiger partial charge in [0.15, 0.2) is 16.3 Å². The Bertz CT molecular complexity index is 1930. The number of ether oxygens (including phenoxy) is 2. The molecule has 42 heavy (non-hydrogen) atoms. The summed E-state index contributed by atoms with van der Waals surface area (Å²) in [6.45, 7) is 11.1. The molecule has 0 N–H and O–H groups in total. The second-order valence-corrected chi connectivity index (χ2v) is 11.8. The number of nitrogens with zero attached hydrogens (tertiary/aromatic N) is 4. The van der Waals surface area contributed by atoms with Gasteiger partial charge in [0.1, 0.15) is 0 Å². The lowest BCUT2D eigenvalue weighted by Gasteiger charge is -2.29. The number of aromatic nitrogens is 2. The van der Waals surface area contributed by atoms with Crippen molar-refractivity contribution in [1.82, 2.24) is 14.0 Å². The van der Waals surface area contributed by atoms with Gasteiger partial charge in [0.2, 0.25) is 6.79 Å². The van der Waals surface area contributed by atoms with Crippen molar-refractivity contribution in [3.63, 3.8) is 0 Å². The average Bonchev–Trinajstić information content (AvgIpc) is 3.64. The van der Waals surface area contributed by atoms with Crippen molar-refractivity contribution >= 4 is 34.9 Å². The molecule has 2 aromatic heterocycles. The Morgan fingerprint density at radius 3 is 2.50 bits per heavy atom. The Morgan fingerprint density at radius 1 is 1.07 bits per heavy atom. The van der Waals surface area contributed by atoms with Gasteiger partial charge in [-0.05, 0) is 82.2 Å². The number of likely N-dealkylation sites (N-methyl/N-ethyl adjacent to an activating group) is 1. The molecule has 4 heterocycles. The van der Waals surface area contributed by atoms with Gasteiger partial charge in [0.05, 0.1) is 21.8 Å². The standard InChI is InChI=1S/C32H31ClN4O4S/c1-6-35(7-2)31(39)28-19(4)34-32-37(29(28)21-8-10-23(33)11-9-21)30(38)27(42-32)15-22-14-18(3)36(20(22)5)24-12-13-25-26(16-24)41-17-40-25/h8-16,29H,6-7,17H2,1-5H3/b27-15-/t29-/m1/s1. The van der Waals surface area contributed by atoms with E-state index in [-0.39, 0.29) is 18.3 Å². The van der Waals surface area contributed by atoms with Crippen molar-refractivity contribution in [2.45, 2.75) is 40.7 Å². The van der Waals surface area contributed by atoms with Crippen molar-refractivity contribution < 1.29 is 14.3 Å². The molecule has 2 aliphatic heterocycles. The summed E-state index contributed by atoms with van der Waals surface area (Å²) in [5, 5.41) is 0.585. The number of aryl methyl sites for hydroxylation is 1. The highest BCUT2D eigenvalue weighted by Crippen LogP contribution is 2.35. The van der Waals surface area contributed by atoms with Gasteiger partial charge in [-0.2, -0.15) is 0 Å². The number of carbonyl (C=O) groups excluding carboxylic acids is 1. The fourth-order valence-corrected chi connectivity index (χ4v) is 6.90. The molecule has 0 bridgehead atoms. The number of halogens is 1. The van der Waals surface area contributed by atoms with E-state index in [0.29, 0.717) is 44.5 Å². The van der Waals surface area contributed by atoms with E-state index < -0.39 is 6.04 Å². The summed E-state index contributed by atoms with van der Waals surface area (Å²) in [5.74, 6) is 1.32. The maximum absolute atomic E-state index is 14.1. The SMILES string of the molecule is CCN(CC)C(=O)C1=C(C)N=c2s/c(=C\c3cc(C)n(-c4ccc5c(c4)OCO5)c3C)c(=O)n2[C@@H]1c1ccc(Cl)cc1. The van der Waals surface area contributed by atoms with E-state index in [2.05, 4.69) is 10.6 Å². The molecule has 10 heteroatoms. The highest BCUT2D eigenvalue weighted by Gasteiger charge is 2.34. The largest absolute Gasteiger partial charge is 0.454 e. The molecule has 216 valence electrons. The zero-order chi connectivity index (χ0) is 29.7. The summed E-state index contributed by atoms with van der Waals surface area (Å²) >= 11 is 7.54. The molecule has 0 saturated carbocycles. The van der Waals surface area contributed by atoms with Crippen LogP contribution in [-0.2, 0) is 4.79 Å². The first-order valence-corrected chi connectivity index (χ1v) is 15.1. The Kier molecular flexibility index (Phi) is 7.32. The van der Waals surface area contributed by atoms with Gasteiger partial charge in [0.25, 0.3) is 11.5 Å². The fraction of sp³-hybridized carbons (Fsp3) is 0.281. The first-order chi connectivity index (χ1) is 20.2. The van der Waals surface area contributed by atoms with Crippen LogP contribution >= 0.6 is 22.9 Å². The van der Waals surface area contributed by atoms with Gasteiger partial charge in [-0.1, -0.05) is 35.1 Å². The van der Waals surface area contributed by atoms with Crippen LogP contribution in [0.2, 0.25) is 5.02 Å². The van der Waals surface area contributed by atoms with E-state index in [4.69, 9.17) is 26.1 Å². The third-order valence-corrected chi connectivity index (χ3v) is 9.09. The van der Waals surface area contributed by atoms with Crippen LogP contribution in [-0.4, -0.2) is 39.8 Å². The number of fused-ring (bicyclic) bond motifs is 2. The predicted octanol–water partition coefficient (Wildman–Crippen LogP) is 4.89. The van der Waals surface area contributed by atoms with E-state index in [1.165, 1.54) is 11.3 Å². The van der Waals surface area contributed by atoms with E-state index in [1.54, 1.807) is 21.6 Å². The number of hydrogen-bond acceptors (Lipinski definition) is 6. The van der Waals surface area contributed by atoms with Crippen molar-refractivity contribution in [2.24, 2.45) is 4.99 Å². The molecular formula is C32H31ClN4O4S. The molecule has 2 aromatic carbocycles. The van der Waals surface area contributed by atoms with Crippen LogP contribution < -0.4 is 24.4 Å². The normalized spacial score (nSPS) is 16.0.